The third kappa shape index (κ3) is 7.98. The fourth-order valence-electron chi connectivity index (χ4n) is 5.49. The lowest BCUT2D eigenvalue weighted by atomic mass is 10.0. The second kappa shape index (κ2) is 14.4. The largest absolute Gasteiger partial charge is 0.352 e. The minimum atomic E-state index is -4.13. The van der Waals surface area contributed by atoms with Crippen molar-refractivity contribution >= 4 is 39.1 Å². The van der Waals surface area contributed by atoms with Crippen LogP contribution in [0.1, 0.15) is 75.5 Å². The summed E-state index contributed by atoms with van der Waals surface area (Å²) in [4.78, 5) is 29.4. The summed E-state index contributed by atoms with van der Waals surface area (Å²) in [5, 5.41) is 3.60. The molecule has 1 aliphatic rings. The van der Waals surface area contributed by atoms with Gasteiger partial charge in [0, 0.05) is 17.6 Å². The number of carbonyl (C=O) groups is 2. The lowest BCUT2D eigenvalue weighted by molar-refractivity contribution is -0.140. The molecule has 43 heavy (non-hydrogen) atoms. The fraction of sp³-hybridized carbons (Fsp3) is 0.412. The monoisotopic (exact) mass is 623 g/mol. The zero-order chi connectivity index (χ0) is 31.1. The maximum absolute atomic E-state index is 14.3. The lowest BCUT2D eigenvalue weighted by Crippen LogP contribution is -2.53. The van der Waals surface area contributed by atoms with Gasteiger partial charge in [-0.2, -0.15) is 0 Å². The van der Waals surface area contributed by atoms with Crippen LogP contribution in [0.4, 0.5) is 5.69 Å². The molecule has 0 spiro atoms. The Morgan fingerprint density at radius 3 is 2.16 bits per heavy atom. The van der Waals surface area contributed by atoms with Crippen molar-refractivity contribution in [2.24, 2.45) is 0 Å². The molecule has 3 aromatic rings. The maximum atomic E-state index is 14.3. The molecule has 0 unspecified atom stereocenters. The summed E-state index contributed by atoms with van der Waals surface area (Å²) in [5.41, 5.74) is 3.03. The molecule has 0 heterocycles. The van der Waals surface area contributed by atoms with E-state index in [0.717, 1.165) is 41.1 Å². The van der Waals surface area contributed by atoms with Gasteiger partial charge in [-0.05, 0) is 73.6 Å². The Balaban J connectivity index is 1.73. The van der Waals surface area contributed by atoms with E-state index in [1.165, 1.54) is 4.90 Å². The van der Waals surface area contributed by atoms with Crippen molar-refractivity contribution in [1.29, 1.82) is 0 Å². The average Bonchev–Trinajstić information content (AvgIpc) is 3.50. The molecule has 0 radical (unpaired) electrons. The second-order valence-electron chi connectivity index (χ2n) is 11.6. The molecule has 3 aromatic carbocycles. The summed E-state index contributed by atoms with van der Waals surface area (Å²) in [6.45, 7) is 7.46. The normalized spacial score (nSPS) is 14.5. The number of aryl methyl sites for hydroxylation is 1. The fourth-order valence-corrected chi connectivity index (χ4v) is 7.10. The summed E-state index contributed by atoms with van der Waals surface area (Å²) in [5.74, 6) is -0.464. The first-order chi connectivity index (χ1) is 20.5. The third-order valence-electron chi connectivity index (χ3n) is 8.12. The third-order valence-corrected chi connectivity index (χ3v) is 10.3. The molecule has 0 aromatic heterocycles. The highest BCUT2D eigenvalue weighted by atomic mass is 35.5. The number of anilines is 1. The quantitative estimate of drug-likeness (QED) is 0.239. The van der Waals surface area contributed by atoms with Gasteiger partial charge in [0.05, 0.1) is 10.6 Å². The van der Waals surface area contributed by atoms with Crippen molar-refractivity contribution in [1.82, 2.24) is 10.2 Å². The van der Waals surface area contributed by atoms with Gasteiger partial charge in [0.15, 0.2) is 0 Å². The molecule has 0 aliphatic heterocycles. The molecule has 1 fully saturated rings. The van der Waals surface area contributed by atoms with Crippen LogP contribution in [0.2, 0.25) is 5.02 Å². The zero-order valence-corrected chi connectivity index (χ0v) is 27.0. The van der Waals surface area contributed by atoms with E-state index in [4.69, 9.17) is 11.6 Å². The van der Waals surface area contributed by atoms with Gasteiger partial charge >= 0.3 is 0 Å². The van der Waals surface area contributed by atoms with Crippen LogP contribution in [0.15, 0.2) is 77.7 Å². The molecule has 9 heteroatoms. The number of hydrogen-bond acceptors (Lipinski definition) is 4. The zero-order valence-electron chi connectivity index (χ0n) is 25.4. The van der Waals surface area contributed by atoms with Gasteiger partial charge in [0.1, 0.15) is 12.6 Å². The number of carbonyl (C=O) groups excluding carboxylic acids is 2. The van der Waals surface area contributed by atoms with E-state index in [0.29, 0.717) is 22.7 Å². The first kappa shape index (κ1) is 32.6. The molecule has 1 N–H and O–H groups in total. The van der Waals surface area contributed by atoms with Crippen molar-refractivity contribution < 1.29 is 18.0 Å². The van der Waals surface area contributed by atoms with E-state index in [9.17, 15) is 18.0 Å². The van der Waals surface area contributed by atoms with Crippen LogP contribution in [0.25, 0.3) is 0 Å². The van der Waals surface area contributed by atoms with E-state index in [-0.39, 0.29) is 29.3 Å². The molecule has 0 bridgehead atoms. The molecule has 1 saturated carbocycles. The minimum absolute atomic E-state index is 0.0693. The Hall–Kier alpha value is -3.36. The maximum Gasteiger partial charge on any atom is 0.264 e. The Bertz CT molecular complexity index is 1500. The van der Waals surface area contributed by atoms with Crippen molar-refractivity contribution in [3.63, 3.8) is 0 Å². The van der Waals surface area contributed by atoms with Crippen molar-refractivity contribution in [3.8, 4) is 0 Å². The summed E-state index contributed by atoms with van der Waals surface area (Å²) >= 11 is 6.50. The number of nitrogens with one attached hydrogen (secondary N) is 1. The van der Waals surface area contributed by atoms with E-state index in [2.05, 4.69) is 19.2 Å². The SMILES string of the molecule is CC[C@@H](C(=O)NC1CCCC1)N(Cc1ccccc1Cl)C(=O)CN(c1ccc(C(C)C)cc1)S(=O)(=O)c1ccc(C)cc1. The van der Waals surface area contributed by atoms with Gasteiger partial charge in [-0.25, -0.2) is 8.42 Å². The van der Waals surface area contributed by atoms with Crippen LogP contribution in [0.3, 0.4) is 0 Å². The molecule has 230 valence electrons. The summed E-state index contributed by atoms with van der Waals surface area (Å²) in [6, 6.07) is 20.3. The van der Waals surface area contributed by atoms with E-state index < -0.39 is 28.5 Å². The van der Waals surface area contributed by atoms with E-state index in [1.807, 2.05) is 38.1 Å². The number of rotatable bonds is 12. The van der Waals surface area contributed by atoms with E-state index >= 15 is 0 Å². The van der Waals surface area contributed by atoms with Crippen LogP contribution < -0.4 is 9.62 Å². The Kier molecular flexibility index (Phi) is 10.9. The Morgan fingerprint density at radius 1 is 0.953 bits per heavy atom. The number of halogens is 1. The van der Waals surface area contributed by atoms with Crippen LogP contribution in [0, 0.1) is 6.92 Å². The predicted molar refractivity (Wildman–Crippen MR) is 173 cm³/mol. The number of hydrogen-bond donors (Lipinski definition) is 1. The van der Waals surface area contributed by atoms with Crippen LogP contribution in [0.5, 0.6) is 0 Å². The topological polar surface area (TPSA) is 86.8 Å². The smallest absolute Gasteiger partial charge is 0.264 e. The first-order valence-electron chi connectivity index (χ1n) is 15.0. The lowest BCUT2D eigenvalue weighted by Gasteiger charge is -2.34. The second-order valence-corrected chi connectivity index (χ2v) is 13.9. The van der Waals surface area contributed by atoms with Crippen molar-refractivity contribution in [3.05, 3.63) is 94.5 Å². The average molecular weight is 624 g/mol. The Labute approximate surface area is 261 Å². The number of sulfonamides is 1. The molecule has 0 saturated heterocycles. The van der Waals surface area contributed by atoms with Gasteiger partial charge in [-0.1, -0.05) is 93.2 Å². The molecule has 1 aliphatic carbocycles. The van der Waals surface area contributed by atoms with E-state index in [1.54, 1.807) is 48.5 Å². The molecular weight excluding hydrogens is 582 g/mol. The number of benzene rings is 3. The van der Waals surface area contributed by atoms with Gasteiger partial charge in [-0.3, -0.25) is 13.9 Å². The molecule has 1 atom stereocenters. The van der Waals surface area contributed by atoms with Crippen LogP contribution in [-0.2, 0) is 26.2 Å². The molecule has 4 rings (SSSR count). The number of nitrogens with zero attached hydrogens (tertiary/aromatic N) is 2. The first-order valence-corrected chi connectivity index (χ1v) is 16.9. The minimum Gasteiger partial charge on any atom is -0.352 e. The van der Waals surface area contributed by atoms with Crippen molar-refractivity contribution in [2.75, 3.05) is 10.8 Å². The molecule has 7 nitrogen and oxygen atoms in total. The van der Waals surface area contributed by atoms with Crippen LogP contribution >= 0.6 is 11.6 Å². The Morgan fingerprint density at radius 2 is 1.58 bits per heavy atom. The molecular formula is C34H42ClN3O4S. The highest BCUT2D eigenvalue weighted by Crippen LogP contribution is 2.28. The highest BCUT2D eigenvalue weighted by molar-refractivity contribution is 7.92. The number of amides is 2. The van der Waals surface area contributed by atoms with Crippen LogP contribution in [-0.4, -0.2) is 43.8 Å². The highest BCUT2D eigenvalue weighted by Gasteiger charge is 2.34. The van der Waals surface area contributed by atoms with Gasteiger partial charge < -0.3 is 10.2 Å². The van der Waals surface area contributed by atoms with Gasteiger partial charge in [-0.15, -0.1) is 0 Å². The standard InChI is InChI=1S/C34H42ClN3O4S/c1-5-32(34(40)36-28-11-7-8-12-28)37(22-27-10-6-9-13-31(27)35)33(39)23-38(29-18-16-26(17-19-29)24(2)3)43(41,42)30-20-14-25(4)15-21-30/h6,9-10,13-21,24,28,32H,5,7-8,11-12,22-23H2,1-4H3,(H,36,40)/t32-/m0/s1. The molecule has 2 amide bonds. The summed E-state index contributed by atoms with van der Waals surface area (Å²) in [7, 11) is -4.13. The summed E-state index contributed by atoms with van der Waals surface area (Å²) in [6.07, 6.45) is 4.31. The predicted octanol–water partition coefficient (Wildman–Crippen LogP) is 6.83. The summed E-state index contributed by atoms with van der Waals surface area (Å²) < 4.78 is 29.3. The van der Waals surface area contributed by atoms with Crippen molar-refractivity contribution in [2.45, 2.75) is 89.2 Å². The van der Waals surface area contributed by atoms with Gasteiger partial charge in [0.2, 0.25) is 11.8 Å². The van der Waals surface area contributed by atoms with Gasteiger partial charge in [0.25, 0.3) is 10.0 Å².